The number of β-amino-alcohol motifs (C(OH)–C–C–N with tert-alkyl or cyclic N) is 1. The lowest BCUT2D eigenvalue weighted by Gasteiger charge is -2.47. The number of rotatable bonds is 3. The number of nitrogens with zero attached hydrogens (tertiary/aromatic N) is 3. The highest BCUT2D eigenvalue weighted by Gasteiger charge is 2.40. The number of aliphatic hydroxyl groups is 1. The Labute approximate surface area is 83.6 Å². The van der Waals surface area contributed by atoms with E-state index in [1.165, 1.54) is 6.33 Å². The predicted octanol–water partition coefficient (Wildman–Crippen LogP) is 0.828. The van der Waals surface area contributed by atoms with Gasteiger partial charge in [-0.3, -0.25) is 0 Å². The quantitative estimate of drug-likeness (QED) is 0.772. The van der Waals surface area contributed by atoms with Gasteiger partial charge in [0, 0.05) is 19.3 Å². The molecule has 0 bridgehead atoms. The summed E-state index contributed by atoms with van der Waals surface area (Å²) in [6, 6.07) is 1.87. The summed E-state index contributed by atoms with van der Waals surface area (Å²) >= 11 is 0. The minimum absolute atomic E-state index is 0.486. The minimum Gasteiger partial charge on any atom is -0.386 e. The molecule has 1 aromatic rings. The Hall–Kier alpha value is -1.16. The molecule has 1 aromatic heterocycles. The van der Waals surface area contributed by atoms with Crippen LogP contribution >= 0.6 is 0 Å². The van der Waals surface area contributed by atoms with Crippen molar-refractivity contribution in [1.29, 1.82) is 0 Å². The lowest BCUT2D eigenvalue weighted by atomic mass is 9.89. The highest BCUT2D eigenvalue weighted by Crippen LogP contribution is 2.28. The molecule has 0 unspecified atom stereocenters. The van der Waals surface area contributed by atoms with Crippen LogP contribution in [0.3, 0.4) is 0 Å². The smallest absolute Gasteiger partial charge is 0.132 e. The van der Waals surface area contributed by atoms with E-state index in [0.29, 0.717) is 13.1 Å². The van der Waals surface area contributed by atoms with Crippen molar-refractivity contribution in [3.05, 3.63) is 18.6 Å². The monoisotopic (exact) mass is 193 g/mol. The predicted molar refractivity (Wildman–Crippen MR) is 54.1 cm³/mol. The first-order valence-electron chi connectivity index (χ1n) is 4.97. The Bertz CT molecular complexity index is 295. The number of aromatic nitrogens is 2. The summed E-state index contributed by atoms with van der Waals surface area (Å²) in [5.41, 5.74) is -0.486. The van der Waals surface area contributed by atoms with Crippen LogP contribution < -0.4 is 4.90 Å². The van der Waals surface area contributed by atoms with Crippen molar-refractivity contribution >= 4 is 5.82 Å². The number of anilines is 1. The molecule has 0 aliphatic carbocycles. The normalized spacial score (nSPS) is 19.1. The third-order valence-electron chi connectivity index (χ3n) is 2.58. The Balaban J connectivity index is 1.95. The maximum absolute atomic E-state index is 9.96. The second-order valence-corrected chi connectivity index (χ2v) is 3.90. The zero-order valence-electron chi connectivity index (χ0n) is 8.35. The third-order valence-corrected chi connectivity index (χ3v) is 2.58. The molecule has 1 aliphatic heterocycles. The van der Waals surface area contributed by atoms with Crippen LogP contribution in [0.5, 0.6) is 0 Å². The molecule has 76 valence electrons. The van der Waals surface area contributed by atoms with Crippen molar-refractivity contribution in [3.63, 3.8) is 0 Å². The summed E-state index contributed by atoms with van der Waals surface area (Å²) in [5, 5.41) is 9.96. The molecule has 0 atom stereocenters. The molecule has 1 fully saturated rings. The molecule has 4 heteroatoms. The second-order valence-electron chi connectivity index (χ2n) is 3.90. The Kier molecular flexibility index (Phi) is 2.37. The van der Waals surface area contributed by atoms with E-state index < -0.39 is 5.60 Å². The zero-order valence-corrected chi connectivity index (χ0v) is 8.35. The minimum atomic E-state index is -0.486. The Morgan fingerprint density at radius 2 is 2.36 bits per heavy atom. The molecule has 0 aromatic carbocycles. The van der Waals surface area contributed by atoms with Crippen LogP contribution in [-0.4, -0.2) is 33.8 Å². The van der Waals surface area contributed by atoms with Gasteiger partial charge in [-0.15, -0.1) is 0 Å². The van der Waals surface area contributed by atoms with Crippen LogP contribution in [0.15, 0.2) is 18.6 Å². The van der Waals surface area contributed by atoms with Gasteiger partial charge < -0.3 is 10.0 Å². The fourth-order valence-electron chi connectivity index (χ4n) is 1.92. The molecule has 2 rings (SSSR count). The average Bonchev–Trinajstić information content (AvgIpc) is 2.16. The van der Waals surface area contributed by atoms with Crippen LogP contribution in [0.25, 0.3) is 0 Å². The maximum atomic E-state index is 9.96. The maximum Gasteiger partial charge on any atom is 0.132 e. The standard InChI is InChI=1S/C10H15N3O/c1-2-4-10(14)6-13(7-10)9-3-5-11-8-12-9/h3,5,8,14H,2,4,6-7H2,1H3. The summed E-state index contributed by atoms with van der Waals surface area (Å²) in [7, 11) is 0. The van der Waals surface area contributed by atoms with Crippen molar-refractivity contribution in [1.82, 2.24) is 9.97 Å². The molecule has 4 nitrogen and oxygen atoms in total. The molecule has 0 spiro atoms. The zero-order chi connectivity index (χ0) is 10.0. The van der Waals surface area contributed by atoms with E-state index >= 15 is 0 Å². The van der Waals surface area contributed by atoms with E-state index in [0.717, 1.165) is 18.7 Å². The number of hydrogen-bond acceptors (Lipinski definition) is 4. The van der Waals surface area contributed by atoms with E-state index in [-0.39, 0.29) is 0 Å². The molecule has 1 saturated heterocycles. The van der Waals surface area contributed by atoms with Gasteiger partial charge in [-0.1, -0.05) is 13.3 Å². The van der Waals surface area contributed by atoms with Gasteiger partial charge in [0.15, 0.2) is 0 Å². The second kappa shape index (κ2) is 3.53. The molecule has 14 heavy (non-hydrogen) atoms. The van der Waals surface area contributed by atoms with Gasteiger partial charge in [-0.05, 0) is 12.5 Å². The summed E-state index contributed by atoms with van der Waals surface area (Å²) in [6.45, 7) is 3.47. The average molecular weight is 193 g/mol. The molecule has 2 heterocycles. The SMILES string of the molecule is CCCC1(O)CN(c2ccncn2)C1. The molecular formula is C10H15N3O. The van der Waals surface area contributed by atoms with Gasteiger partial charge in [0.25, 0.3) is 0 Å². The van der Waals surface area contributed by atoms with Gasteiger partial charge in [0.1, 0.15) is 12.1 Å². The van der Waals surface area contributed by atoms with Gasteiger partial charge in [0.2, 0.25) is 0 Å². The van der Waals surface area contributed by atoms with Crippen LogP contribution in [0.4, 0.5) is 5.82 Å². The van der Waals surface area contributed by atoms with Crippen LogP contribution in [0.2, 0.25) is 0 Å². The molecule has 0 saturated carbocycles. The van der Waals surface area contributed by atoms with E-state index in [1.54, 1.807) is 6.20 Å². The highest BCUT2D eigenvalue weighted by atomic mass is 16.3. The van der Waals surface area contributed by atoms with Crippen molar-refractivity contribution in [2.45, 2.75) is 25.4 Å². The van der Waals surface area contributed by atoms with Crippen LogP contribution in [0, 0.1) is 0 Å². The van der Waals surface area contributed by atoms with E-state index in [9.17, 15) is 5.11 Å². The lowest BCUT2D eigenvalue weighted by Crippen LogP contribution is -2.62. The van der Waals surface area contributed by atoms with E-state index in [2.05, 4.69) is 21.8 Å². The summed E-state index contributed by atoms with van der Waals surface area (Å²) in [4.78, 5) is 10.1. The molecule has 1 aliphatic rings. The Morgan fingerprint density at radius 1 is 1.57 bits per heavy atom. The first-order valence-corrected chi connectivity index (χ1v) is 4.97. The lowest BCUT2D eigenvalue weighted by molar-refractivity contribution is 0.00293. The van der Waals surface area contributed by atoms with E-state index in [1.807, 2.05) is 6.07 Å². The topological polar surface area (TPSA) is 49.2 Å². The molecule has 0 radical (unpaired) electrons. The first-order chi connectivity index (χ1) is 6.73. The van der Waals surface area contributed by atoms with Crippen molar-refractivity contribution in [3.8, 4) is 0 Å². The van der Waals surface area contributed by atoms with E-state index in [4.69, 9.17) is 0 Å². The Morgan fingerprint density at radius 3 is 2.93 bits per heavy atom. The third kappa shape index (κ3) is 1.70. The molecule has 1 N–H and O–H groups in total. The molecular weight excluding hydrogens is 178 g/mol. The fraction of sp³-hybridized carbons (Fsp3) is 0.600. The van der Waals surface area contributed by atoms with Gasteiger partial charge in [-0.25, -0.2) is 9.97 Å². The fourth-order valence-corrected chi connectivity index (χ4v) is 1.92. The first kappa shape index (κ1) is 9.40. The van der Waals surface area contributed by atoms with Gasteiger partial charge >= 0.3 is 0 Å². The largest absolute Gasteiger partial charge is 0.386 e. The summed E-state index contributed by atoms with van der Waals surface area (Å²) in [5.74, 6) is 0.903. The highest BCUT2D eigenvalue weighted by molar-refractivity contribution is 5.42. The van der Waals surface area contributed by atoms with Gasteiger partial charge in [-0.2, -0.15) is 0 Å². The molecule has 0 amide bonds. The summed E-state index contributed by atoms with van der Waals surface area (Å²) < 4.78 is 0. The number of hydrogen-bond donors (Lipinski definition) is 1. The van der Waals surface area contributed by atoms with Crippen molar-refractivity contribution in [2.75, 3.05) is 18.0 Å². The summed E-state index contributed by atoms with van der Waals surface area (Å²) in [6.07, 6.45) is 5.15. The van der Waals surface area contributed by atoms with Crippen LogP contribution in [0.1, 0.15) is 19.8 Å². The van der Waals surface area contributed by atoms with Crippen molar-refractivity contribution < 1.29 is 5.11 Å². The van der Waals surface area contributed by atoms with Crippen molar-refractivity contribution in [2.24, 2.45) is 0 Å². The van der Waals surface area contributed by atoms with Crippen LogP contribution in [-0.2, 0) is 0 Å². The van der Waals surface area contributed by atoms with Gasteiger partial charge in [0.05, 0.1) is 5.60 Å².